The summed E-state index contributed by atoms with van der Waals surface area (Å²) in [5.41, 5.74) is 2.72. The lowest BCUT2D eigenvalue weighted by Gasteiger charge is -2.28. The molecule has 2 aromatic carbocycles. The lowest BCUT2D eigenvalue weighted by atomic mass is 10.1. The molecule has 1 fully saturated rings. The van der Waals surface area contributed by atoms with Gasteiger partial charge in [0.15, 0.2) is 5.78 Å². The predicted molar refractivity (Wildman–Crippen MR) is 90.9 cm³/mol. The molecule has 1 heterocycles. The predicted octanol–water partition coefficient (Wildman–Crippen LogP) is 3.12. The Kier molecular flexibility index (Phi) is 4.74. The highest BCUT2D eigenvalue weighted by Gasteiger charge is 2.10. The molecule has 0 bridgehead atoms. The standard InChI is InChI=1S/C19H19NO3/c21-18-8-4-16(5-9-18)19(22)10-3-15-1-6-17(7-2-15)20-11-13-23-14-12-20/h1-10,21H,11-14H2. The molecule has 2 aromatic rings. The molecule has 0 spiro atoms. The van der Waals surface area contributed by atoms with E-state index < -0.39 is 0 Å². The van der Waals surface area contributed by atoms with Crippen molar-refractivity contribution < 1.29 is 14.6 Å². The monoisotopic (exact) mass is 309 g/mol. The summed E-state index contributed by atoms with van der Waals surface area (Å²) >= 11 is 0. The van der Waals surface area contributed by atoms with Gasteiger partial charge in [-0.2, -0.15) is 0 Å². The van der Waals surface area contributed by atoms with Gasteiger partial charge in [0.05, 0.1) is 13.2 Å². The molecule has 4 nitrogen and oxygen atoms in total. The van der Waals surface area contributed by atoms with Crippen molar-refractivity contribution in [2.24, 2.45) is 0 Å². The lowest BCUT2D eigenvalue weighted by molar-refractivity contribution is 0.104. The molecule has 1 saturated heterocycles. The Morgan fingerprint density at radius 3 is 2.30 bits per heavy atom. The maximum Gasteiger partial charge on any atom is 0.185 e. The number of morpholine rings is 1. The van der Waals surface area contributed by atoms with Crippen LogP contribution in [0.3, 0.4) is 0 Å². The van der Waals surface area contributed by atoms with Gasteiger partial charge >= 0.3 is 0 Å². The van der Waals surface area contributed by atoms with E-state index in [1.54, 1.807) is 24.3 Å². The number of carbonyl (C=O) groups excluding carboxylic acids is 1. The molecular weight excluding hydrogens is 290 g/mol. The van der Waals surface area contributed by atoms with Crippen molar-refractivity contribution in [3.8, 4) is 5.75 Å². The van der Waals surface area contributed by atoms with Crippen LogP contribution in [0.5, 0.6) is 5.75 Å². The van der Waals surface area contributed by atoms with E-state index in [2.05, 4.69) is 17.0 Å². The molecule has 1 aliphatic rings. The zero-order chi connectivity index (χ0) is 16.1. The second kappa shape index (κ2) is 7.11. The first-order valence-electron chi connectivity index (χ1n) is 7.66. The number of hydrogen-bond acceptors (Lipinski definition) is 4. The van der Waals surface area contributed by atoms with Gasteiger partial charge < -0.3 is 14.7 Å². The third-order valence-electron chi connectivity index (χ3n) is 3.85. The van der Waals surface area contributed by atoms with E-state index >= 15 is 0 Å². The number of ketones is 1. The average Bonchev–Trinajstić information content (AvgIpc) is 2.61. The Bertz CT molecular complexity index is 684. The van der Waals surface area contributed by atoms with E-state index in [-0.39, 0.29) is 11.5 Å². The SMILES string of the molecule is O=C(C=Cc1ccc(N2CCOCC2)cc1)c1ccc(O)cc1. The summed E-state index contributed by atoms with van der Waals surface area (Å²) in [6.07, 6.45) is 3.36. The van der Waals surface area contributed by atoms with Gasteiger partial charge in [-0.25, -0.2) is 0 Å². The summed E-state index contributed by atoms with van der Waals surface area (Å²) < 4.78 is 5.35. The fraction of sp³-hybridized carbons (Fsp3) is 0.211. The Hall–Kier alpha value is -2.59. The number of rotatable bonds is 4. The van der Waals surface area contributed by atoms with E-state index in [9.17, 15) is 9.90 Å². The summed E-state index contributed by atoms with van der Waals surface area (Å²) in [5, 5.41) is 9.24. The van der Waals surface area contributed by atoms with Gasteiger partial charge in [0.2, 0.25) is 0 Å². The number of carbonyl (C=O) groups is 1. The Balaban J connectivity index is 1.65. The van der Waals surface area contributed by atoms with Crippen LogP contribution in [-0.4, -0.2) is 37.2 Å². The number of ether oxygens (including phenoxy) is 1. The normalized spacial score (nSPS) is 15.0. The quantitative estimate of drug-likeness (QED) is 0.696. The van der Waals surface area contributed by atoms with Crippen LogP contribution >= 0.6 is 0 Å². The van der Waals surface area contributed by atoms with Crippen LogP contribution in [0.25, 0.3) is 6.08 Å². The first-order valence-corrected chi connectivity index (χ1v) is 7.66. The first-order chi connectivity index (χ1) is 11.2. The third kappa shape index (κ3) is 3.99. The number of allylic oxidation sites excluding steroid dienone is 1. The minimum Gasteiger partial charge on any atom is -0.508 e. The summed E-state index contributed by atoms with van der Waals surface area (Å²) in [6.45, 7) is 3.36. The smallest absolute Gasteiger partial charge is 0.185 e. The van der Waals surface area contributed by atoms with Crippen LogP contribution in [0.15, 0.2) is 54.6 Å². The van der Waals surface area contributed by atoms with Crippen molar-refractivity contribution in [2.75, 3.05) is 31.2 Å². The molecular formula is C19H19NO3. The molecule has 3 rings (SSSR count). The van der Waals surface area contributed by atoms with Gasteiger partial charge in [-0.1, -0.05) is 18.2 Å². The molecule has 0 atom stereocenters. The van der Waals surface area contributed by atoms with Gasteiger partial charge in [-0.05, 0) is 48.0 Å². The van der Waals surface area contributed by atoms with Crippen molar-refractivity contribution in [1.29, 1.82) is 0 Å². The zero-order valence-corrected chi connectivity index (χ0v) is 12.8. The number of anilines is 1. The highest BCUT2D eigenvalue weighted by atomic mass is 16.5. The van der Waals surface area contributed by atoms with E-state index in [0.717, 1.165) is 31.9 Å². The van der Waals surface area contributed by atoms with E-state index in [4.69, 9.17) is 4.74 Å². The van der Waals surface area contributed by atoms with Crippen molar-refractivity contribution in [1.82, 2.24) is 0 Å². The molecule has 0 aromatic heterocycles. The third-order valence-corrected chi connectivity index (χ3v) is 3.85. The summed E-state index contributed by atoms with van der Waals surface area (Å²) in [4.78, 5) is 14.3. The second-order valence-corrected chi connectivity index (χ2v) is 5.44. The average molecular weight is 309 g/mol. The van der Waals surface area contributed by atoms with Gasteiger partial charge in [0, 0.05) is 24.3 Å². The lowest BCUT2D eigenvalue weighted by Crippen LogP contribution is -2.36. The largest absolute Gasteiger partial charge is 0.508 e. The Labute approximate surface area is 135 Å². The molecule has 0 saturated carbocycles. The number of hydrogen-bond donors (Lipinski definition) is 1. The second-order valence-electron chi connectivity index (χ2n) is 5.44. The van der Waals surface area contributed by atoms with Crippen LogP contribution in [-0.2, 0) is 4.74 Å². The maximum atomic E-state index is 12.1. The minimum absolute atomic E-state index is 0.0812. The molecule has 23 heavy (non-hydrogen) atoms. The number of aromatic hydroxyl groups is 1. The van der Waals surface area contributed by atoms with Crippen LogP contribution in [0.1, 0.15) is 15.9 Å². The summed E-state index contributed by atoms with van der Waals surface area (Å²) in [5.74, 6) is 0.0755. The number of nitrogens with zero attached hydrogens (tertiary/aromatic N) is 1. The highest BCUT2D eigenvalue weighted by Crippen LogP contribution is 2.17. The van der Waals surface area contributed by atoms with E-state index in [0.29, 0.717) is 5.56 Å². The first kappa shape index (κ1) is 15.3. The topological polar surface area (TPSA) is 49.8 Å². The maximum absolute atomic E-state index is 12.1. The van der Waals surface area contributed by atoms with Gasteiger partial charge in [-0.3, -0.25) is 4.79 Å². The van der Waals surface area contributed by atoms with Crippen molar-refractivity contribution in [2.45, 2.75) is 0 Å². The molecule has 4 heteroatoms. The van der Waals surface area contributed by atoms with Gasteiger partial charge in [0.25, 0.3) is 0 Å². The number of benzene rings is 2. The van der Waals surface area contributed by atoms with Crippen molar-refractivity contribution in [3.63, 3.8) is 0 Å². The molecule has 1 N–H and O–H groups in total. The van der Waals surface area contributed by atoms with Crippen LogP contribution in [0.2, 0.25) is 0 Å². The Morgan fingerprint density at radius 1 is 1.00 bits per heavy atom. The fourth-order valence-electron chi connectivity index (χ4n) is 2.51. The van der Waals surface area contributed by atoms with Gasteiger partial charge in [0.1, 0.15) is 5.75 Å². The molecule has 1 aliphatic heterocycles. The molecule has 118 valence electrons. The summed E-state index contributed by atoms with van der Waals surface area (Å²) in [7, 11) is 0. The number of phenolic OH excluding ortho intramolecular Hbond substituents is 1. The van der Waals surface area contributed by atoms with Crippen molar-refractivity contribution >= 4 is 17.5 Å². The number of phenols is 1. The van der Waals surface area contributed by atoms with Crippen LogP contribution in [0.4, 0.5) is 5.69 Å². The van der Waals surface area contributed by atoms with Gasteiger partial charge in [-0.15, -0.1) is 0 Å². The van der Waals surface area contributed by atoms with E-state index in [1.807, 2.05) is 12.1 Å². The summed E-state index contributed by atoms with van der Waals surface area (Å²) in [6, 6.07) is 14.4. The fourth-order valence-corrected chi connectivity index (χ4v) is 2.51. The molecule has 0 radical (unpaired) electrons. The molecule has 0 amide bonds. The Morgan fingerprint density at radius 2 is 1.65 bits per heavy atom. The minimum atomic E-state index is -0.0812. The van der Waals surface area contributed by atoms with Crippen LogP contribution in [0, 0.1) is 0 Å². The molecule has 0 aliphatic carbocycles. The van der Waals surface area contributed by atoms with Crippen molar-refractivity contribution in [3.05, 3.63) is 65.7 Å². The highest BCUT2D eigenvalue weighted by molar-refractivity contribution is 6.06. The van der Waals surface area contributed by atoms with E-state index in [1.165, 1.54) is 17.8 Å². The zero-order valence-electron chi connectivity index (χ0n) is 12.8. The molecule has 0 unspecified atom stereocenters. The van der Waals surface area contributed by atoms with Crippen LogP contribution < -0.4 is 4.90 Å².